The second kappa shape index (κ2) is 13.8. The molecule has 0 fully saturated rings. The fraction of sp³-hybridized carbons (Fsp3) is 0.0222. The molecule has 1 aliphatic rings. The van der Waals surface area contributed by atoms with Gasteiger partial charge in [0.15, 0.2) is 0 Å². The van der Waals surface area contributed by atoms with Crippen LogP contribution >= 0.6 is 0 Å². The molecule has 51 heavy (non-hydrogen) atoms. The zero-order chi connectivity index (χ0) is 33.4. The Morgan fingerprint density at radius 2 is 1.18 bits per heavy atom. The van der Waals surface area contributed by atoms with Crippen LogP contribution in [0.15, 0.2) is 164 Å². The van der Waals surface area contributed by atoms with Gasteiger partial charge < -0.3 is 23.7 Å². The Labute approximate surface area is 312 Å². The van der Waals surface area contributed by atoms with E-state index in [1.54, 1.807) is 0 Å². The van der Waals surface area contributed by atoms with Crippen LogP contribution in [-0.4, -0.2) is 4.57 Å². The van der Waals surface area contributed by atoms with Gasteiger partial charge >= 0.3 is 21.1 Å². The predicted octanol–water partition coefficient (Wildman–Crippen LogP) is 10.4. The number of imidazole rings is 1. The van der Waals surface area contributed by atoms with E-state index in [1.807, 2.05) is 58.9 Å². The standard InChI is InChI=1S/C45H31N4O.Pt/c1-46-27-28-47(31-46)36-18-10-20-38(29-36)50-39-21-11-19-37(30-39)48-32-49(45-42-22-9-8-17-35(42)25-26-43(45)48)44-40(33-13-4-2-5-14-33)23-12-24-41(44)34-15-6-3-7-16-34;/h2-28,32H,1H3;/q-3;+4. The average molecular weight is 839 g/mol. The average Bonchev–Trinajstić information content (AvgIpc) is 3.80. The molecule has 0 radical (unpaired) electrons. The second-order valence-corrected chi connectivity index (χ2v) is 12.2. The molecular formula is C45H31N4OPt+. The van der Waals surface area contributed by atoms with Crippen LogP contribution in [0.2, 0.25) is 0 Å². The molecule has 0 atom stereocenters. The van der Waals surface area contributed by atoms with Gasteiger partial charge in [-0.3, -0.25) is 0 Å². The number of benzene rings is 7. The van der Waals surface area contributed by atoms with Gasteiger partial charge in [-0.25, -0.2) is 0 Å². The van der Waals surface area contributed by atoms with E-state index in [1.165, 1.54) is 10.8 Å². The Balaban J connectivity index is 0.00000374. The van der Waals surface area contributed by atoms with E-state index in [0.29, 0.717) is 11.5 Å². The molecule has 0 saturated carbocycles. The van der Waals surface area contributed by atoms with Crippen LogP contribution < -0.4 is 19.1 Å². The smallest absolute Gasteiger partial charge is 0.510 e. The molecule has 0 bridgehead atoms. The normalized spacial score (nSPS) is 12.1. The molecule has 2 heterocycles. The number of hydrogen-bond acceptors (Lipinski definition) is 3. The fourth-order valence-electron chi connectivity index (χ4n) is 6.72. The molecule has 0 aliphatic carbocycles. The molecule has 0 N–H and O–H groups in total. The maximum atomic E-state index is 6.37. The van der Waals surface area contributed by atoms with Crippen molar-refractivity contribution < 1.29 is 30.4 Å². The Kier molecular flexibility index (Phi) is 8.73. The number of hydrogen-bond donors (Lipinski definition) is 0. The molecular weight excluding hydrogens is 808 g/mol. The van der Waals surface area contributed by atoms with Crippen molar-refractivity contribution >= 4 is 33.5 Å². The van der Waals surface area contributed by atoms with Crippen LogP contribution in [-0.2, 0) is 28.1 Å². The third kappa shape index (κ3) is 6.11. The van der Waals surface area contributed by atoms with Crippen LogP contribution in [0.1, 0.15) is 0 Å². The molecule has 246 valence electrons. The SMILES string of the molecule is C[n+]1[c-]n(-c2[c-]c(Oc3[c-]c(N4[CH-]N(c5c(-c6ccccc6)cccc5-c5ccccc5)c5c4ccc4ccccc54)ccc3)ccc2)cc1.[Pt+4]. The Hall–Kier alpha value is -5.90. The number of para-hydroxylation sites is 1. The van der Waals surface area contributed by atoms with Crippen LogP contribution in [0, 0.1) is 25.1 Å². The molecule has 7 aromatic carbocycles. The van der Waals surface area contributed by atoms with Crippen molar-refractivity contribution in [1.29, 1.82) is 0 Å². The summed E-state index contributed by atoms with van der Waals surface area (Å²) in [4.78, 5) is 4.56. The minimum Gasteiger partial charge on any atom is -0.510 e. The first kappa shape index (κ1) is 32.3. The van der Waals surface area contributed by atoms with Crippen molar-refractivity contribution in [3.8, 4) is 39.4 Å². The number of fused-ring (bicyclic) bond motifs is 3. The Morgan fingerprint density at radius 3 is 1.84 bits per heavy atom. The largest absolute Gasteiger partial charge is 4.00 e. The molecule has 6 heteroatoms. The molecule has 0 unspecified atom stereocenters. The van der Waals surface area contributed by atoms with Crippen LogP contribution in [0.3, 0.4) is 0 Å². The maximum absolute atomic E-state index is 6.37. The van der Waals surface area contributed by atoms with Crippen molar-refractivity contribution in [3.63, 3.8) is 0 Å². The first-order valence-electron chi connectivity index (χ1n) is 16.6. The number of anilines is 4. The summed E-state index contributed by atoms with van der Waals surface area (Å²) in [7, 11) is 1.94. The van der Waals surface area contributed by atoms with Gasteiger partial charge in [-0.1, -0.05) is 115 Å². The summed E-state index contributed by atoms with van der Waals surface area (Å²) in [6.45, 7) is 2.19. The van der Waals surface area contributed by atoms with E-state index in [-0.39, 0.29) is 21.1 Å². The van der Waals surface area contributed by atoms with E-state index in [0.717, 1.165) is 50.7 Å². The number of rotatable bonds is 7. The fourth-order valence-corrected chi connectivity index (χ4v) is 6.72. The van der Waals surface area contributed by atoms with Crippen LogP contribution in [0.4, 0.5) is 22.7 Å². The topological polar surface area (TPSA) is 24.5 Å². The van der Waals surface area contributed by atoms with Crippen molar-refractivity contribution in [1.82, 2.24) is 4.57 Å². The molecule has 1 aromatic heterocycles. The van der Waals surface area contributed by atoms with E-state index >= 15 is 0 Å². The quantitative estimate of drug-likeness (QED) is 0.118. The second-order valence-electron chi connectivity index (χ2n) is 12.2. The van der Waals surface area contributed by atoms with Gasteiger partial charge in [-0.2, -0.15) is 18.2 Å². The third-order valence-corrected chi connectivity index (χ3v) is 9.01. The van der Waals surface area contributed by atoms with E-state index in [2.05, 4.69) is 156 Å². The van der Waals surface area contributed by atoms with Gasteiger partial charge in [0.25, 0.3) is 0 Å². The minimum atomic E-state index is 0. The van der Waals surface area contributed by atoms with Crippen LogP contribution in [0.25, 0.3) is 38.7 Å². The van der Waals surface area contributed by atoms with Gasteiger partial charge in [-0.15, -0.1) is 42.7 Å². The van der Waals surface area contributed by atoms with Crippen molar-refractivity contribution in [2.75, 3.05) is 9.80 Å². The Bertz CT molecular complexity index is 2420. The zero-order valence-corrected chi connectivity index (χ0v) is 30.0. The molecule has 0 spiro atoms. The Morgan fingerprint density at radius 1 is 0.569 bits per heavy atom. The van der Waals surface area contributed by atoms with Crippen molar-refractivity contribution in [2.24, 2.45) is 7.05 Å². The number of aromatic nitrogens is 2. The number of ether oxygens (including phenoxy) is 1. The summed E-state index contributed by atoms with van der Waals surface area (Å²) in [6.07, 6.45) is 7.10. The first-order chi connectivity index (χ1) is 24.7. The monoisotopic (exact) mass is 838 g/mol. The number of nitrogens with zero attached hydrogens (tertiary/aromatic N) is 4. The summed E-state index contributed by atoms with van der Waals surface area (Å²) in [5.41, 5.74) is 9.59. The minimum absolute atomic E-state index is 0. The third-order valence-electron chi connectivity index (χ3n) is 9.01. The van der Waals surface area contributed by atoms with Gasteiger partial charge in [0.2, 0.25) is 6.33 Å². The number of aryl methyl sites for hydroxylation is 1. The summed E-state index contributed by atoms with van der Waals surface area (Å²) < 4.78 is 10.1. The van der Waals surface area contributed by atoms with Gasteiger partial charge in [0, 0.05) is 57.5 Å². The molecule has 0 amide bonds. The molecule has 1 aliphatic heterocycles. The zero-order valence-electron chi connectivity index (χ0n) is 27.7. The van der Waals surface area contributed by atoms with Crippen molar-refractivity contribution in [2.45, 2.75) is 0 Å². The van der Waals surface area contributed by atoms with Crippen LogP contribution in [0.5, 0.6) is 11.5 Å². The molecule has 9 rings (SSSR count). The van der Waals surface area contributed by atoms with E-state index < -0.39 is 0 Å². The summed E-state index contributed by atoms with van der Waals surface area (Å²) in [5, 5.41) is 2.34. The van der Waals surface area contributed by atoms with Gasteiger partial charge in [0.05, 0.1) is 7.05 Å². The summed E-state index contributed by atoms with van der Waals surface area (Å²) >= 11 is 0. The van der Waals surface area contributed by atoms with E-state index in [4.69, 9.17) is 4.74 Å². The van der Waals surface area contributed by atoms with E-state index in [9.17, 15) is 0 Å². The van der Waals surface area contributed by atoms with Crippen molar-refractivity contribution in [3.05, 3.63) is 189 Å². The molecule has 0 saturated heterocycles. The summed E-state index contributed by atoms with van der Waals surface area (Å²) in [6, 6.07) is 59.6. The maximum Gasteiger partial charge on any atom is 4.00 e. The summed E-state index contributed by atoms with van der Waals surface area (Å²) in [5.74, 6) is 1.20. The molecule has 5 nitrogen and oxygen atoms in total. The van der Waals surface area contributed by atoms with Gasteiger partial charge in [-0.05, 0) is 22.6 Å². The predicted molar refractivity (Wildman–Crippen MR) is 200 cm³/mol. The van der Waals surface area contributed by atoms with Gasteiger partial charge in [0.1, 0.15) is 0 Å². The first-order valence-corrected chi connectivity index (χ1v) is 16.6. The molecule has 8 aromatic rings.